The number of hydrogen-bond acceptors (Lipinski definition) is 4. The molecule has 3 rings (SSSR count). The summed E-state index contributed by atoms with van der Waals surface area (Å²) in [5, 5.41) is 12.7. The molecule has 1 atom stereocenters. The average molecular weight is 270 g/mol. The van der Waals surface area contributed by atoms with Gasteiger partial charge in [-0.25, -0.2) is 0 Å². The Balaban J connectivity index is 1.80. The molecule has 0 saturated carbocycles. The van der Waals surface area contributed by atoms with Crippen LogP contribution >= 0.6 is 0 Å². The van der Waals surface area contributed by atoms with E-state index >= 15 is 0 Å². The summed E-state index contributed by atoms with van der Waals surface area (Å²) in [5.74, 6) is 1.89. The highest BCUT2D eigenvalue weighted by atomic mass is 16.3. The minimum Gasteiger partial charge on any atom is -0.461 e. The molecule has 0 amide bonds. The molecule has 1 N–H and O–H groups in total. The van der Waals surface area contributed by atoms with Crippen LogP contribution in [0, 0.1) is 6.92 Å². The SMILES string of the molecule is Cc1oc2ccccc2c1CNC(C)c1nncn1C. The third-order valence-electron chi connectivity index (χ3n) is 3.62. The summed E-state index contributed by atoms with van der Waals surface area (Å²) in [6.45, 7) is 4.84. The number of aromatic nitrogens is 3. The summed E-state index contributed by atoms with van der Waals surface area (Å²) in [6.07, 6.45) is 1.71. The number of nitrogens with zero attached hydrogens (tertiary/aromatic N) is 3. The van der Waals surface area contributed by atoms with Gasteiger partial charge in [0.15, 0.2) is 0 Å². The van der Waals surface area contributed by atoms with Crippen LogP contribution in [0.15, 0.2) is 35.0 Å². The monoisotopic (exact) mass is 270 g/mol. The van der Waals surface area contributed by atoms with Gasteiger partial charge in [0, 0.05) is 24.5 Å². The minimum atomic E-state index is 0.135. The molecular weight excluding hydrogens is 252 g/mol. The number of aryl methyl sites for hydroxylation is 2. The molecular formula is C15H18N4O. The van der Waals surface area contributed by atoms with Crippen LogP contribution in [0.2, 0.25) is 0 Å². The first-order chi connectivity index (χ1) is 9.66. The molecule has 2 heterocycles. The topological polar surface area (TPSA) is 55.9 Å². The van der Waals surface area contributed by atoms with E-state index in [-0.39, 0.29) is 6.04 Å². The third kappa shape index (κ3) is 2.20. The summed E-state index contributed by atoms with van der Waals surface area (Å²) < 4.78 is 7.70. The second-order valence-corrected chi connectivity index (χ2v) is 5.04. The number of hydrogen-bond donors (Lipinski definition) is 1. The van der Waals surface area contributed by atoms with Crippen molar-refractivity contribution in [3.63, 3.8) is 0 Å². The minimum absolute atomic E-state index is 0.135. The number of rotatable bonds is 4. The van der Waals surface area contributed by atoms with Crippen molar-refractivity contribution >= 4 is 11.0 Å². The van der Waals surface area contributed by atoms with Gasteiger partial charge in [0.1, 0.15) is 23.5 Å². The molecule has 1 aromatic carbocycles. The summed E-state index contributed by atoms with van der Waals surface area (Å²) in [7, 11) is 1.95. The van der Waals surface area contributed by atoms with Crippen LogP contribution in [0.1, 0.15) is 30.1 Å². The molecule has 0 aliphatic rings. The van der Waals surface area contributed by atoms with Gasteiger partial charge in [0.05, 0.1) is 6.04 Å². The Morgan fingerprint density at radius 1 is 1.35 bits per heavy atom. The van der Waals surface area contributed by atoms with Gasteiger partial charge >= 0.3 is 0 Å². The zero-order valence-corrected chi connectivity index (χ0v) is 11.9. The first-order valence-corrected chi connectivity index (χ1v) is 6.71. The Hall–Kier alpha value is -2.14. The van der Waals surface area contributed by atoms with Gasteiger partial charge in [0.2, 0.25) is 0 Å². The number of para-hydroxylation sites is 1. The largest absolute Gasteiger partial charge is 0.461 e. The summed E-state index contributed by atoms with van der Waals surface area (Å²) in [5.41, 5.74) is 2.14. The van der Waals surface area contributed by atoms with Gasteiger partial charge in [-0.2, -0.15) is 0 Å². The second-order valence-electron chi connectivity index (χ2n) is 5.04. The van der Waals surface area contributed by atoms with Crippen molar-refractivity contribution in [3.8, 4) is 0 Å². The van der Waals surface area contributed by atoms with Gasteiger partial charge in [-0.05, 0) is 19.9 Å². The standard InChI is InChI=1S/C15H18N4O/c1-10(15-18-17-9-19(15)3)16-8-13-11(2)20-14-7-5-4-6-12(13)14/h4-7,9-10,16H,8H2,1-3H3. The maximum absolute atomic E-state index is 5.77. The highest BCUT2D eigenvalue weighted by Gasteiger charge is 2.14. The van der Waals surface area contributed by atoms with Crippen molar-refractivity contribution in [2.75, 3.05) is 0 Å². The van der Waals surface area contributed by atoms with E-state index < -0.39 is 0 Å². The lowest BCUT2D eigenvalue weighted by Crippen LogP contribution is -2.21. The van der Waals surface area contributed by atoms with E-state index in [4.69, 9.17) is 4.42 Å². The Morgan fingerprint density at radius 2 is 2.15 bits per heavy atom. The quantitative estimate of drug-likeness (QED) is 0.792. The van der Waals surface area contributed by atoms with Gasteiger partial charge in [-0.15, -0.1) is 10.2 Å². The third-order valence-corrected chi connectivity index (χ3v) is 3.62. The van der Waals surface area contributed by atoms with Gasteiger partial charge in [-0.3, -0.25) is 0 Å². The molecule has 5 heteroatoms. The zero-order valence-electron chi connectivity index (χ0n) is 11.9. The van der Waals surface area contributed by atoms with Crippen molar-refractivity contribution in [3.05, 3.63) is 47.7 Å². The van der Waals surface area contributed by atoms with E-state index in [9.17, 15) is 0 Å². The van der Waals surface area contributed by atoms with E-state index in [2.05, 4.69) is 28.5 Å². The maximum Gasteiger partial charge on any atom is 0.149 e. The van der Waals surface area contributed by atoms with Gasteiger partial charge in [0.25, 0.3) is 0 Å². The molecule has 20 heavy (non-hydrogen) atoms. The molecule has 3 aromatic rings. The summed E-state index contributed by atoms with van der Waals surface area (Å²) in [4.78, 5) is 0. The van der Waals surface area contributed by atoms with E-state index in [0.717, 1.165) is 23.7 Å². The smallest absolute Gasteiger partial charge is 0.149 e. The van der Waals surface area contributed by atoms with Crippen LogP contribution in [0.4, 0.5) is 0 Å². The maximum atomic E-state index is 5.77. The van der Waals surface area contributed by atoms with E-state index in [1.54, 1.807) is 6.33 Å². The van der Waals surface area contributed by atoms with E-state index in [0.29, 0.717) is 0 Å². The fraction of sp³-hybridized carbons (Fsp3) is 0.333. The first kappa shape index (κ1) is 12.9. The van der Waals surface area contributed by atoms with Crippen LogP contribution in [0.25, 0.3) is 11.0 Å². The molecule has 0 bridgehead atoms. The lowest BCUT2D eigenvalue weighted by Gasteiger charge is -2.12. The fourth-order valence-corrected chi connectivity index (χ4v) is 2.47. The summed E-state index contributed by atoms with van der Waals surface area (Å²) >= 11 is 0. The Kier molecular flexibility index (Phi) is 3.28. The lowest BCUT2D eigenvalue weighted by atomic mass is 10.1. The normalized spacial score (nSPS) is 12.9. The fourth-order valence-electron chi connectivity index (χ4n) is 2.47. The van der Waals surface area contributed by atoms with Crippen molar-refractivity contribution in [2.24, 2.45) is 7.05 Å². The number of fused-ring (bicyclic) bond motifs is 1. The number of furan rings is 1. The Labute approximate surface area is 117 Å². The van der Waals surface area contributed by atoms with Crippen LogP contribution in [-0.2, 0) is 13.6 Å². The Morgan fingerprint density at radius 3 is 2.90 bits per heavy atom. The number of nitrogens with one attached hydrogen (secondary N) is 1. The summed E-state index contributed by atoms with van der Waals surface area (Å²) in [6, 6.07) is 8.25. The molecule has 5 nitrogen and oxygen atoms in total. The molecule has 0 radical (unpaired) electrons. The molecule has 2 aromatic heterocycles. The van der Waals surface area contributed by atoms with Crippen LogP contribution in [-0.4, -0.2) is 14.8 Å². The second kappa shape index (κ2) is 5.09. The van der Waals surface area contributed by atoms with Crippen molar-refractivity contribution < 1.29 is 4.42 Å². The molecule has 1 unspecified atom stereocenters. The highest BCUT2D eigenvalue weighted by molar-refractivity contribution is 5.82. The predicted octanol–water partition coefficient (Wildman–Crippen LogP) is 2.72. The van der Waals surface area contributed by atoms with Gasteiger partial charge in [-0.1, -0.05) is 18.2 Å². The van der Waals surface area contributed by atoms with Crippen LogP contribution < -0.4 is 5.32 Å². The molecule has 0 spiro atoms. The first-order valence-electron chi connectivity index (χ1n) is 6.71. The zero-order chi connectivity index (χ0) is 14.1. The van der Waals surface area contributed by atoms with E-state index in [1.165, 1.54) is 10.9 Å². The van der Waals surface area contributed by atoms with Gasteiger partial charge < -0.3 is 14.3 Å². The molecule has 0 saturated heterocycles. The van der Waals surface area contributed by atoms with Crippen molar-refractivity contribution in [2.45, 2.75) is 26.4 Å². The highest BCUT2D eigenvalue weighted by Crippen LogP contribution is 2.25. The van der Waals surface area contributed by atoms with Crippen molar-refractivity contribution in [1.29, 1.82) is 0 Å². The number of benzene rings is 1. The average Bonchev–Trinajstić information content (AvgIpc) is 2.99. The molecule has 0 aliphatic carbocycles. The van der Waals surface area contributed by atoms with E-state index in [1.807, 2.05) is 36.7 Å². The predicted molar refractivity (Wildman–Crippen MR) is 77.2 cm³/mol. The molecule has 0 aliphatic heterocycles. The van der Waals surface area contributed by atoms with Crippen LogP contribution in [0.3, 0.4) is 0 Å². The van der Waals surface area contributed by atoms with Crippen LogP contribution in [0.5, 0.6) is 0 Å². The Bertz CT molecular complexity index is 728. The lowest BCUT2D eigenvalue weighted by molar-refractivity contribution is 0.517. The van der Waals surface area contributed by atoms with Crippen molar-refractivity contribution in [1.82, 2.24) is 20.1 Å². The molecule has 0 fully saturated rings. The molecule has 104 valence electrons.